The third-order valence-corrected chi connectivity index (χ3v) is 11.2. The Morgan fingerprint density at radius 1 is 1.24 bits per heavy atom. The number of nitrogens with one attached hydrogen (secondary N) is 2. The van der Waals surface area contributed by atoms with E-state index >= 15 is 4.39 Å². The zero-order valence-electron chi connectivity index (χ0n) is 26.6. The van der Waals surface area contributed by atoms with Crippen LogP contribution >= 0.6 is 0 Å². The van der Waals surface area contributed by atoms with Crippen LogP contribution in [-0.4, -0.2) is 87.7 Å². The average Bonchev–Trinajstić information content (AvgIpc) is 3.35. The molecular formula is C33H41FN6O6. The number of alkyl carbamates (subject to hydrolysis) is 1. The van der Waals surface area contributed by atoms with Gasteiger partial charge < -0.3 is 29.9 Å². The molecule has 5 fully saturated rings. The fraction of sp³-hybridized carbons (Fsp3) is 0.697. The summed E-state index contributed by atoms with van der Waals surface area (Å²) in [6, 6.07) is 2.40. The van der Waals surface area contributed by atoms with Crippen molar-refractivity contribution in [1.82, 2.24) is 20.1 Å². The van der Waals surface area contributed by atoms with Gasteiger partial charge in [-0.1, -0.05) is 20.8 Å². The molecule has 13 heteroatoms. The van der Waals surface area contributed by atoms with E-state index in [9.17, 15) is 24.4 Å². The molecule has 7 rings (SSSR count). The van der Waals surface area contributed by atoms with Gasteiger partial charge in [0.25, 0.3) is 5.91 Å². The van der Waals surface area contributed by atoms with Gasteiger partial charge in [0.2, 0.25) is 17.4 Å². The third-order valence-electron chi connectivity index (χ3n) is 11.2. The van der Waals surface area contributed by atoms with E-state index in [1.54, 1.807) is 12.1 Å². The van der Waals surface area contributed by atoms with E-state index in [0.717, 1.165) is 12.8 Å². The second kappa shape index (κ2) is 10.8. The Hall–Kier alpha value is -3.95. The van der Waals surface area contributed by atoms with Gasteiger partial charge in [-0.25, -0.2) is 14.2 Å². The number of carbonyl (C=O) groups is 4. The summed E-state index contributed by atoms with van der Waals surface area (Å²) in [5.74, 6) is -1.42. The molecule has 3 aliphatic carbocycles. The maximum Gasteiger partial charge on any atom is 0.408 e. The van der Waals surface area contributed by atoms with Gasteiger partial charge in [-0.15, -0.1) is 0 Å². The summed E-state index contributed by atoms with van der Waals surface area (Å²) in [5, 5.41) is 15.7. The molecule has 10 unspecified atom stereocenters. The number of carbonyl (C=O) groups excluding carboxylic acids is 4. The summed E-state index contributed by atoms with van der Waals surface area (Å²) < 4.78 is 27.0. The molecule has 3 aliphatic heterocycles. The van der Waals surface area contributed by atoms with Gasteiger partial charge in [0.1, 0.15) is 30.4 Å². The molecule has 1 spiro atoms. The second-order valence-corrected chi connectivity index (χ2v) is 15.2. The van der Waals surface area contributed by atoms with Crippen molar-refractivity contribution < 1.29 is 33.0 Å². The summed E-state index contributed by atoms with van der Waals surface area (Å²) in [6.45, 7) is 7.37. The Balaban J connectivity index is 1.19. The highest BCUT2D eigenvalue weighted by Crippen LogP contribution is 2.59. The van der Waals surface area contributed by atoms with Crippen LogP contribution in [0.4, 0.5) is 15.0 Å². The molecule has 0 aromatic carbocycles. The number of aromatic nitrogens is 1. The topological polar surface area (TPSA) is 154 Å². The molecule has 46 heavy (non-hydrogen) atoms. The van der Waals surface area contributed by atoms with Gasteiger partial charge in [0, 0.05) is 19.2 Å². The molecule has 12 nitrogen and oxygen atoms in total. The highest BCUT2D eigenvalue weighted by molar-refractivity contribution is 6.01. The van der Waals surface area contributed by atoms with Crippen molar-refractivity contribution in [3.05, 3.63) is 18.3 Å². The number of halogens is 1. The van der Waals surface area contributed by atoms with Crippen LogP contribution in [0.1, 0.15) is 59.8 Å². The molecule has 6 aliphatic rings. The van der Waals surface area contributed by atoms with Gasteiger partial charge >= 0.3 is 6.09 Å². The summed E-state index contributed by atoms with van der Waals surface area (Å²) in [5.41, 5.74) is -2.26. The number of pyridine rings is 1. The molecule has 4 amide bonds. The van der Waals surface area contributed by atoms with Crippen LogP contribution in [0, 0.1) is 46.3 Å². The van der Waals surface area contributed by atoms with E-state index in [1.807, 2.05) is 27.7 Å². The highest BCUT2D eigenvalue weighted by atomic mass is 19.1. The van der Waals surface area contributed by atoms with Crippen LogP contribution in [-0.2, 0) is 19.1 Å². The van der Waals surface area contributed by atoms with E-state index in [2.05, 4.69) is 21.7 Å². The molecule has 2 bridgehead atoms. The van der Waals surface area contributed by atoms with Crippen LogP contribution in [0.3, 0.4) is 0 Å². The Bertz CT molecular complexity index is 1510. The summed E-state index contributed by atoms with van der Waals surface area (Å²) in [6.07, 6.45) is 2.43. The number of likely N-dealkylation sites (tertiary alicyclic amines) is 2. The Labute approximate surface area is 267 Å². The monoisotopic (exact) mass is 636 g/mol. The Morgan fingerprint density at radius 3 is 2.70 bits per heavy atom. The number of nitriles is 1. The predicted molar refractivity (Wildman–Crippen MR) is 161 cm³/mol. The van der Waals surface area contributed by atoms with Crippen LogP contribution < -0.4 is 15.4 Å². The third kappa shape index (κ3) is 4.95. The SMILES string of the molecule is CC(OC(=O)NC(C(=O)N1CC2C3CC(F)C(C3)C2C1C(=O)N1CC2(CC1C#N)Oc1cccnc1NC2=O)C(C)(C)C)C1CC1. The zero-order chi connectivity index (χ0) is 32.7. The minimum Gasteiger partial charge on any atom is -0.472 e. The average molecular weight is 637 g/mol. The number of amides is 4. The van der Waals surface area contributed by atoms with E-state index in [4.69, 9.17) is 9.47 Å². The molecule has 10 atom stereocenters. The molecule has 2 saturated heterocycles. The summed E-state index contributed by atoms with van der Waals surface area (Å²) >= 11 is 0. The lowest BCUT2D eigenvalue weighted by molar-refractivity contribution is -0.149. The zero-order valence-corrected chi connectivity index (χ0v) is 26.6. The molecule has 0 radical (unpaired) electrons. The van der Waals surface area contributed by atoms with Crippen molar-refractivity contribution in [1.29, 1.82) is 5.26 Å². The van der Waals surface area contributed by atoms with E-state index in [0.29, 0.717) is 24.5 Å². The minimum absolute atomic E-state index is 0.0386. The normalized spacial score (nSPS) is 35.5. The number of ether oxygens (including phenoxy) is 2. The molecule has 3 saturated carbocycles. The fourth-order valence-electron chi connectivity index (χ4n) is 8.72. The van der Waals surface area contributed by atoms with E-state index < -0.39 is 71.0 Å². The molecule has 1 aromatic rings. The van der Waals surface area contributed by atoms with Crippen molar-refractivity contribution in [2.75, 3.05) is 18.4 Å². The lowest BCUT2D eigenvalue weighted by Crippen LogP contribution is -2.60. The number of anilines is 1. The van der Waals surface area contributed by atoms with E-state index in [-0.39, 0.29) is 43.3 Å². The summed E-state index contributed by atoms with van der Waals surface area (Å²) in [4.78, 5) is 62.5. The van der Waals surface area contributed by atoms with Crippen LogP contribution in [0.25, 0.3) is 0 Å². The van der Waals surface area contributed by atoms with Gasteiger partial charge in [-0.3, -0.25) is 14.4 Å². The van der Waals surface area contributed by atoms with E-state index in [1.165, 1.54) is 16.0 Å². The molecule has 1 aromatic heterocycles. The smallest absolute Gasteiger partial charge is 0.408 e. The maximum absolute atomic E-state index is 15.3. The van der Waals surface area contributed by atoms with Gasteiger partial charge in [0.05, 0.1) is 12.6 Å². The quantitative estimate of drug-likeness (QED) is 0.500. The van der Waals surface area contributed by atoms with Gasteiger partial charge in [-0.2, -0.15) is 5.26 Å². The van der Waals surface area contributed by atoms with Crippen LogP contribution in [0.15, 0.2) is 18.3 Å². The first-order valence-corrected chi connectivity index (χ1v) is 16.4. The number of fused-ring (bicyclic) bond motifs is 6. The van der Waals surface area contributed by atoms with Crippen molar-refractivity contribution >= 4 is 29.6 Å². The molecule has 2 N–H and O–H groups in total. The van der Waals surface area contributed by atoms with Crippen molar-refractivity contribution in [2.45, 2.75) is 95.8 Å². The number of rotatable bonds is 5. The summed E-state index contributed by atoms with van der Waals surface area (Å²) in [7, 11) is 0. The number of alkyl halides is 1. The van der Waals surface area contributed by atoms with Crippen molar-refractivity contribution in [2.24, 2.45) is 35.0 Å². The van der Waals surface area contributed by atoms with Gasteiger partial charge in [0.15, 0.2) is 11.6 Å². The largest absolute Gasteiger partial charge is 0.472 e. The first kappa shape index (κ1) is 30.7. The molecule has 4 heterocycles. The number of hydrogen-bond acceptors (Lipinski definition) is 8. The Kier molecular flexibility index (Phi) is 7.21. The van der Waals surface area contributed by atoms with Gasteiger partial charge in [-0.05, 0) is 79.7 Å². The number of nitrogens with zero attached hydrogens (tertiary/aromatic N) is 4. The second-order valence-electron chi connectivity index (χ2n) is 15.2. The molecule has 246 valence electrons. The molecular weight excluding hydrogens is 595 g/mol. The minimum atomic E-state index is -1.52. The van der Waals surface area contributed by atoms with Crippen molar-refractivity contribution in [3.8, 4) is 11.8 Å². The first-order chi connectivity index (χ1) is 21.8. The number of hydrogen-bond donors (Lipinski definition) is 2. The highest BCUT2D eigenvalue weighted by Gasteiger charge is 2.65. The standard InChI is InChI=1S/C33H41FN6O6/c1-16(17-7-8-17)45-31(44)37-26(32(2,3)4)29(42)39-14-21-18-10-20(22(34)11-18)24(21)25(39)28(41)40-15-33(12-19(40)13-35)30(43)38-27-23(46-33)6-5-9-36-27/h5-6,9,16-22,24-26H,7-8,10-12,14-15H2,1-4H3,(H,37,44)(H,36,38,43). The van der Waals surface area contributed by atoms with Crippen LogP contribution in [0.5, 0.6) is 5.75 Å². The Morgan fingerprint density at radius 2 is 2.00 bits per heavy atom. The van der Waals surface area contributed by atoms with Crippen molar-refractivity contribution in [3.63, 3.8) is 0 Å². The maximum atomic E-state index is 15.3. The van der Waals surface area contributed by atoms with Crippen LogP contribution in [0.2, 0.25) is 0 Å². The predicted octanol–water partition coefficient (Wildman–Crippen LogP) is 3.04. The first-order valence-electron chi connectivity index (χ1n) is 16.4. The fourth-order valence-corrected chi connectivity index (χ4v) is 8.72. The lowest BCUT2D eigenvalue weighted by Gasteiger charge is -2.39. The lowest BCUT2D eigenvalue weighted by atomic mass is 9.77.